The number of nitrogens with one attached hydrogen (secondary N) is 2. The minimum Gasteiger partial charge on any atom is -0.372 e. The van der Waals surface area contributed by atoms with Crippen molar-refractivity contribution in [3.8, 4) is 12.1 Å². The largest absolute Gasteiger partial charge is 0.372 e. The smallest absolute Gasteiger partial charge is 0.101 e. The van der Waals surface area contributed by atoms with Crippen LogP contribution in [0.1, 0.15) is 38.8 Å². The highest BCUT2D eigenvalue weighted by Gasteiger charge is 2.12. The molecule has 2 N–H and O–H groups in total. The molecule has 0 aliphatic heterocycles. The summed E-state index contributed by atoms with van der Waals surface area (Å²) in [6, 6.07) is 24.2. The predicted molar refractivity (Wildman–Crippen MR) is 142 cm³/mol. The summed E-state index contributed by atoms with van der Waals surface area (Å²) < 4.78 is 0. The zero-order valence-electron chi connectivity index (χ0n) is 20.4. The molecule has 0 spiro atoms. The Hall–Kier alpha value is -4.16. The molecule has 0 aliphatic carbocycles. The highest BCUT2D eigenvalue weighted by atomic mass is 15.1. The standard InChI is InChI=1S/C28H32N6/c1-5-33(6-2)25-13-9-23(10-14-25)31-27-17-22(20-30)28(18-21(27)19-29)32-24-11-15-26(16-12-24)34(7-3)8-4/h9-18,31-32H,5-8H2,1-4H3. The molecule has 3 aromatic rings. The number of nitrogens with zero attached hydrogens (tertiary/aromatic N) is 4. The average molecular weight is 453 g/mol. The van der Waals surface area contributed by atoms with E-state index < -0.39 is 0 Å². The van der Waals surface area contributed by atoms with Crippen LogP contribution in [0.2, 0.25) is 0 Å². The quantitative estimate of drug-likeness (QED) is 0.360. The third-order valence-electron chi connectivity index (χ3n) is 5.95. The first kappa shape index (κ1) is 24.5. The number of nitriles is 2. The summed E-state index contributed by atoms with van der Waals surface area (Å²) in [6.45, 7) is 12.3. The van der Waals surface area contributed by atoms with E-state index in [1.165, 1.54) is 0 Å². The van der Waals surface area contributed by atoms with E-state index in [0.717, 1.165) is 48.9 Å². The van der Waals surface area contributed by atoms with Gasteiger partial charge in [0.25, 0.3) is 0 Å². The van der Waals surface area contributed by atoms with Crippen LogP contribution in [0.15, 0.2) is 60.7 Å². The fourth-order valence-electron chi connectivity index (χ4n) is 3.99. The summed E-state index contributed by atoms with van der Waals surface area (Å²) in [5.74, 6) is 0. The molecule has 0 radical (unpaired) electrons. The topological polar surface area (TPSA) is 78.1 Å². The first-order valence-corrected chi connectivity index (χ1v) is 11.8. The van der Waals surface area contributed by atoms with Crippen LogP contribution >= 0.6 is 0 Å². The predicted octanol–water partition coefficient (Wildman–Crippen LogP) is 6.61. The van der Waals surface area contributed by atoms with Crippen molar-refractivity contribution in [2.24, 2.45) is 0 Å². The van der Waals surface area contributed by atoms with Crippen LogP contribution in [0, 0.1) is 22.7 Å². The van der Waals surface area contributed by atoms with Crippen LogP contribution in [0.4, 0.5) is 34.1 Å². The van der Waals surface area contributed by atoms with Gasteiger partial charge in [-0.25, -0.2) is 0 Å². The average Bonchev–Trinajstić information content (AvgIpc) is 2.88. The minimum atomic E-state index is 0.467. The number of hydrogen-bond acceptors (Lipinski definition) is 6. The second-order valence-corrected chi connectivity index (χ2v) is 7.86. The molecule has 3 aromatic carbocycles. The molecular formula is C28H32N6. The van der Waals surface area contributed by atoms with Gasteiger partial charge in [0.1, 0.15) is 12.1 Å². The van der Waals surface area contributed by atoms with Crippen LogP contribution < -0.4 is 20.4 Å². The van der Waals surface area contributed by atoms with Gasteiger partial charge in [0.05, 0.1) is 22.5 Å². The van der Waals surface area contributed by atoms with Gasteiger partial charge in [-0.15, -0.1) is 0 Å². The molecule has 0 unspecified atom stereocenters. The van der Waals surface area contributed by atoms with Crippen molar-refractivity contribution < 1.29 is 0 Å². The Morgan fingerprint density at radius 3 is 1.18 bits per heavy atom. The Morgan fingerprint density at radius 2 is 0.912 bits per heavy atom. The van der Waals surface area contributed by atoms with E-state index in [9.17, 15) is 10.5 Å². The molecule has 0 amide bonds. The van der Waals surface area contributed by atoms with Crippen molar-refractivity contribution in [3.63, 3.8) is 0 Å². The molecular weight excluding hydrogens is 420 g/mol. The number of rotatable bonds is 10. The third kappa shape index (κ3) is 5.60. The van der Waals surface area contributed by atoms with E-state index >= 15 is 0 Å². The molecule has 6 nitrogen and oxygen atoms in total. The molecule has 0 atom stereocenters. The van der Waals surface area contributed by atoms with Crippen LogP contribution in [-0.2, 0) is 0 Å². The van der Waals surface area contributed by atoms with Gasteiger partial charge in [0.2, 0.25) is 0 Å². The number of benzene rings is 3. The lowest BCUT2D eigenvalue weighted by molar-refractivity contribution is 0.866. The third-order valence-corrected chi connectivity index (χ3v) is 5.95. The first-order valence-electron chi connectivity index (χ1n) is 11.8. The molecule has 0 saturated heterocycles. The fraction of sp³-hybridized carbons (Fsp3) is 0.286. The second-order valence-electron chi connectivity index (χ2n) is 7.86. The molecule has 0 fully saturated rings. The zero-order valence-corrected chi connectivity index (χ0v) is 20.4. The van der Waals surface area contributed by atoms with Crippen LogP contribution in [0.5, 0.6) is 0 Å². The lowest BCUT2D eigenvalue weighted by Gasteiger charge is -2.21. The van der Waals surface area contributed by atoms with Gasteiger partial charge in [-0.3, -0.25) is 0 Å². The zero-order chi connectivity index (χ0) is 24.5. The Bertz CT molecular complexity index is 1070. The summed E-state index contributed by atoms with van der Waals surface area (Å²) in [6.07, 6.45) is 0. The van der Waals surface area contributed by atoms with E-state index in [1.807, 2.05) is 24.3 Å². The summed E-state index contributed by atoms with van der Waals surface area (Å²) in [5, 5.41) is 26.1. The van der Waals surface area contributed by atoms with E-state index in [4.69, 9.17) is 0 Å². The van der Waals surface area contributed by atoms with E-state index in [0.29, 0.717) is 22.5 Å². The fourth-order valence-corrected chi connectivity index (χ4v) is 3.99. The maximum absolute atomic E-state index is 9.77. The van der Waals surface area contributed by atoms with Gasteiger partial charge < -0.3 is 20.4 Å². The molecule has 0 heterocycles. The van der Waals surface area contributed by atoms with Crippen molar-refractivity contribution in [3.05, 3.63) is 71.8 Å². The first-order chi connectivity index (χ1) is 16.6. The van der Waals surface area contributed by atoms with Gasteiger partial charge in [-0.1, -0.05) is 0 Å². The minimum absolute atomic E-state index is 0.467. The highest BCUT2D eigenvalue weighted by molar-refractivity contribution is 5.77. The normalized spacial score (nSPS) is 10.2. The molecule has 3 rings (SSSR count). The molecule has 0 aromatic heterocycles. The summed E-state index contributed by atoms with van der Waals surface area (Å²) >= 11 is 0. The van der Waals surface area contributed by atoms with Crippen molar-refractivity contribution >= 4 is 34.1 Å². The molecule has 174 valence electrons. The lowest BCUT2D eigenvalue weighted by atomic mass is 10.1. The van der Waals surface area contributed by atoms with Gasteiger partial charge >= 0.3 is 0 Å². The lowest BCUT2D eigenvalue weighted by Crippen LogP contribution is -2.21. The van der Waals surface area contributed by atoms with Crippen molar-refractivity contribution in [1.29, 1.82) is 10.5 Å². The number of hydrogen-bond donors (Lipinski definition) is 2. The van der Waals surface area contributed by atoms with Crippen LogP contribution in [-0.4, -0.2) is 26.2 Å². The van der Waals surface area contributed by atoms with E-state index in [1.54, 1.807) is 12.1 Å². The number of anilines is 6. The Labute approximate surface area is 203 Å². The second kappa shape index (κ2) is 11.6. The maximum atomic E-state index is 9.77. The maximum Gasteiger partial charge on any atom is 0.101 e. The van der Waals surface area contributed by atoms with Crippen molar-refractivity contribution in [1.82, 2.24) is 0 Å². The molecule has 0 saturated carbocycles. The molecule has 0 bridgehead atoms. The van der Waals surface area contributed by atoms with E-state index in [-0.39, 0.29) is 0 Å². The molecule has 6 heteroatoms. The molecule has 0 aliphatic rings. The SMILES string of the molecule is CCN(CC)c1ccc(Nc2cc(C#N)c(Nc3ccc(N(CC)CC)cc3)cc2C#N)cc1. The monoisotopic (exact) mass is 452 g/mol. The van der Waals surface area contributed by atoms with Gasteiger partial charge in [-0.05, 0) is 88.4 Å². The Kier molecular flexibility index (Phi) is 8.37. The summed E-state index contributed by atoms with van der Waals surface area (Å²) in [5.41, 5.74) is 6.19. The van der Waals surface area contributed by atoms with E-state index in [2.05, 4.69) is 84.5 Å². The van der Waals surface area contributed by atoms with Crippen molar-refractivity contribution in [2.45, 2.75) is 27.7 Å². The van der Waals surface area contributed by atoms with Gasteiger partial charge in [0.15, 0.2) is 0 Å². The van der Waals surface area contributed by atoms with Crippen LogP contribution in [0.25, 0.3) is 0 Å². The summed E-state index contributed by atoms with van der Waals surface area (Å²) in [4.78, 5) is 4.54. The van der Waals surface area contributed by atoms with Gasteiger partial charge in [-0.2, -0.15) is 10.5 Å². The Balaban J connectivity index is 1.83. The van der Waals surface area contributed by atoms with Gasteiger partial charge in [0, 0.05) is 48.9 Å². The van der Waals surface area contributed by atoms with Crippen molar-refractivity contribution in [2.75, 3.05) is 46.6 Å². The molecule has 34 heavy (non-hydrogen) atoms. The van der Waals surface area contributed by atoms with Crippen LogP contribution in [0.3, 0.4) is 0 Å². The summed E-state index contributed by atoms with van der Waals surface area (Å²) in [7, 11) is 0. The Morgan fingerprint density at radius 1 is 0.588 bits per heavy atom. The highest BCUT2D eigenvalue weighted by Crippen LogP contribution is 2.30.